The summed E-state index contributed by atoms with van der Waals surface area (Å²) in [5, 5.41) is 1.68. The Morgan fingerprint density at radius 3 is 1.92 bits per heavy atom. The fourth-order valence-corrected chi connectivity index (χ4v) is 3.23. The summed E-state index contributed by atoms with van der Waals surface area (Å²) in [5.41, 5.74) is 1.38. The Morgan fingerprint density at radius 1 is 0.840 bits per heavy atom. The van der Waals surface area contributed by atoms with E-state index in [1.54, 1.807) is 11.3 Å². The van der Waals surface area contributed by atoms with Crippen LogP contribution in [0.25, 0.3) is 20.2 Å². The molecule has 0 spiro atoms. The molecule has 138 valence electrons. The normalized spacial score (nSPS) is 14.8. The number of benzene rings is 2. The predicted octanol–water partition coefficient (Wildman–Crippen LogP) is 6.68. The molecular formula is C16H14F6OSSb-. The van der Waals surface area contributed by atoms with Crippen LogP contribution in [0.5, 0.6) is 0 Å². The first kappa shape index (κ1) is 20.0. The molecule has 0 atom stereocenters. The summed E-state index contributed by atoms with van der Waals surface area (Å²) in [5.74, 6) is 0.449. The van der Waals surface area contributed by atoms with E-state index >= 15 is 0 Å². The predicted molar refractivity (Wildman–Crippen MR) is 92.1 cm³/mol. The van der Waals surface area contributed by atoms with Gasteiger partial charge in [-0.05, 0) is 35.7 Å². The minimum atomic E-state index is -11.2. The van der Waals surface area contributed by atoms with Gasteiger partial charge in [-0.15, -0.1) is 11.3 Å². The van der Waals surface area contributed by atoms with Crippen LogP contribution < -0.4 is 5.43 Å². The van der Waals surface area contributed by atoms with Gasteiger partial charge >= 0.3 is 36.4 Å². The first-order chi connectivity index (χ1) is 11.1. The molecular weight excluding hydrogens is 476 g/mol. The summed E-state index contributed by atoms with van der Waals surface area (Å²) in [6, 6.07) is 14.1. The third-order valence-electron chi connectivity index (χ3n) is 3.27. The van der Waals surface area contributed by atoms with Crippen molar-refractivity contribution in [2.24, 2.45) is 0 Å². The Balaban J connectivity index is 0.000000277. The quantitative estimate of drug-likeness (QED) is 0.212. The number of rotatable bonds is 1. The van der Waals surface area contributed by atoms with E-state index in [0.29, 0.717) is 5.92 Å². The Labute approximate surface area is 145 Å². The van der Waals surface area contributed by atoms with Crippen molar-refractivity contribution in [2.45, 2.75) is 19.8 Å². The van der Waals surface area contributed by atoms with Crippen molar-refractivity contribution in [3.05, 3.63) is 58.3 Å². The molecule has 0 bridgehead atoms. The number of halogens is 6. The molecule has 0 amide bonds. The van der Waals surface area contributed by atoms with Crippen LogP contribution >= 0.6 is 11.3 Å². The topological polar surface area (TPSA) is 17.1 Å². The average molecular weight is 490 g/mol. The maximum atomic E-state index is 12.5. The van der Waals surface area contributed by atoms with E-state index in [1.807, 2.05) is 30.3 Å². The van der Waals surface area contributed by atoms with Crippen molar-refractivity contribution < 1.29 is 16.9 Å². The van der Waals surface area contributed by atoms with Gasteiger partial charge in [-0.1, -0.05) is 32.0 Å². The van der Waals surface area contributed by atoms with Gasteiger partial charge in [0.25, 0.3) is 0 Å². The average Bonchev–Trinajstić information content (AvgIpc) is 2.44. The van der Waals surface area contributed by atoms with Crippen molar-refractivity contribution in [1.29, 1.82) is 0 Å². The third-order valence-corrected chi connectivity index (χ3v) is 4.42. The summed E-state index contributed by atoms with van der Waals surface area (Å²) in [6.07, 6.45) is 0. The Kier molecular flexibility index (Phi) is 4.71. The molecule has 0 saturated carbocycles. The molecule has 0 aliphatic heterocycles. The molecule has 0 aliphatic carbocycles. The summed E-state index contributed by atoms with van der Waals surface area (Å²) in [7, 11) is 0. The van der Waals surface area contributed by atoms with Gasteiger partial charge in [0, 0.05) is 20.2 Å². The zero-order chi connectivity index (χ0) is 19.1. The van der Waals surface area contributed by atoms with Crippen molar-refractivity contribution in [2.75, 3.05) is 0 Å². The molecule has 3 aromatic rings. The van der Waals surface area contributed by atoms with Crippen LogP contribution in [0, 0.1) is 0 Å². The minimum absolute atomic E-state index is 0.154. The van der Waals surface area contributed by atoms with Gasteiger partial charge in [0.2, 0.25) is 0 Å². The molecule has 1 nitrogen and oxygen atoms in total. The van der Waals surface area contributed by atoms with E-state index in [0.717, 1.165) is 20.2 Å². The standard InChI is InChI=1S/C16H14OS.6FH.Sb/c1-10(2)11-7-8-15-13(9-11)16(17)12-5-3-4-6-14(12)18-15;;;;;;;/h3-10H,1-2H3;6*1H;/q;;;;;;;+5/p-6. The third kappa shape index (κ3) is 6.51. The maximum absolute atomic E-state index is 12.5. The summed E-state index contributed by atoms with van der Waals surface area (Å²) < 4.78 is 61.7. The van der Waals surface area contributed by atoms with E-state index in [4.69, 9.17) is 0 Å². The molecule has 0 N–H and O–H groups in total. The van der Waals surface area contributed by atoms with Gasteiger partial charge in [0.15, 0.2) is 5.43 Å². The molecule has 3 rings (SSSR count). The number of fused-ring (bicyclic) bond motifs is 2. The second-order valence-corrected chi connectivity index (χ2v) is 12.3. The van der Waals surface area contributed by atoms with Crippen LogP contribution in [0.2, 0.25) is 0 Å². The van der Waals surface area contributed by atoms with Gasteiger partial charge in [-0.3, -0.25) is 4.79 Å². The van der Waals surface area contributed by atoms with Crippen LogP contribution in [0.4, 0.5) is 16.9 Å². The fourth-order valence-electron chi connectivity index (χ4n) is 2.18. The van der Waals surface area contributed by atoms with Crippen LogP contribution in [-0.4, -0.2) is 19.5 Å². The zero-order valence-electron chi connectivity index (χ0n) is 13.2. The van der Waals surface area contributed by atoms with Crippen molar-refractivity contribution in [3.8, 4) is 0 Å². The van der Waals surface area contributed by atoms with Crippen molar-refractivity contribution in [1.82, 2.24) is 0 Å². The van der Waals surface area contributed by atoms with Crippen molar-refractivity contribution >= 4 is 51.0 Å². The molecule has 0 radical (unpaired) electrons. The zero-order valence-corrected chi connectivity index (χ0v) is 16.5. The monoisotopic (exact) mass is 489 g/mol. The van der Waals surface area contributed by atoms with Gasteiger partial charge < -0.3 is 0 Å². The Bertz CT molecular complexity index is 981. The molecule has 1 aromatic heterocycles. The van der Waals surface area contributed by atoms with Crippen LogP contribution in [-0.2, 0) is 0 Å². The summed E-state index contributed by atoms with van der Waals surface area (Å²) >= 11 is -9.56. The molecule has 0 saturated heterocycles. The number of hydrogen-bond acceptors (Lipinski definition) is 2. The molecule has 2 aromatic carbocycles. The summed E-state index contributed by atoms with van der Waals surface area (Å²) in [6.45, 7) is 4.30. The van der Waals surface area contributed by atoms with Gasteiger partial charge in [0.05, 0.1) is 0 Å². The second kappa shape index (κ2) is 5.88. The van der Waals surface area contributed by atoms with Crippen LogP contribution in [0.15, 0.2) is 47.3 Å². The van der Waals surface area contributed by atoms with Crippen LogP contribution in [0.1, 0.15) is 25.3 Å². The van der Waals surface area contributed by atoms with Crippen LogP contribution in [0.3, 0.4) is 0 Å². The fraction of sp³-hybridized carbons (Fsp3) is 0.188. The van der Waals surface area contributed by atoms with Gasteiger partial charge in [-0.2, -0.15) is 0 Å². The molecule has 0 aliphatic rings. The van der Waals surface area contributed by atoms with E-state index in [1.165, 1.54) is 5.56 Å². The second-order valence-electron chi connectivity index (χ2n) is 5.80. The van der Waals surface area contributed by atoms with E-state index < -0.39 is 19.5 Å². The first-order valence-corrected chi connectivity index (χ1v) is 13.7. The summed E-state index contributed by atoms with van der Waals surface area (Å²) in [4.78, 5) is 12.5. The molecule has 0 unspecified atom stereocenters. The number of hydrogen-bond donors (Lipinski definition) is 0. The molecule has 1 heterocycles. The Hall–Kier alpha value is -1.27. The van der Waals surface area contributed by atoms with Gasteiger partial charge in [0.1, 0.15) is 0 Å². The molecule has 9 heteroatoms. The SMILES string of the molecule is CC(C)c1ccc2sc3ccccc3c(=O)c2c1.[F][Sb-]([F])([F])([F])([F])[F]. The van der Waals surface area contributed by atoms with E-state index in [9.17, 15) is 21.7 Å². The van der Waals surface area contributed by atoms with E-state index in [-0.39, 0.29) is 5.43 Å². The molecule has 25 heavy (non-hydrogen) atoms. The molecule has 0 fully saturated rings. The van der Waals surface area contributed by atoms with Crippen molar-refractivity contribution in [3.63, 3.8) is 0 Å². The van der Waals surface area contributed by atoms with Gasteiger partial charge in [-0.25, -0.2) is 0 Å². The Morgan fingerprint density at radius 2 is 1.36 bits per heavy atom. The van der Waals surface area contributed by atoms with E-state index in [2.05, 4.69) is 26.0 Å². The first-order valence-electron chi connectivity index (χ1n) is 7.14.